The number of benzene rings is 4. The van der Waals surface area contributed by atoms with Crippen LogP contribution in [0.1, 0.15) is 28.7 Å². The van der Waals surface area contributed by atoms with Crippen molar-refractivity contribution in [3.05, 3.63) is 131 Å². The van der Waals surface area contributed by atoms with E-state index in [0.717, 1.165) is 41.0 Å². The molecule has 34 heavy (non-hydrogen) atoms. The van der Waals surface area contributed by atoms with Gasteiger partial charge in [0.2, 0.25) is 0 Å². The van der Waals surface area contributed by atoms with Crippen molar-refractivity contribution >= 4 is 5.69 Å². The molecule has 0 bridgehead atoms. The van der Waals surface area contributed by atoms with Crippen molar-refractivity contribution in [3.8, 4) is 5.75 Å². The quantitative estimate of drug-likeness (QED) is 0.198. The van der Waals surface area contributed by atoms with Crippen LogP contribution in [0.2, 0.25) is 0 Å². The van der Waals surface area contributed by atoms with Crippen LogP contribution in [0, 0.1) is 0 Å². The molecular weight excluding hydrogens is 418 g/mol. The van der Waals surface area contributed by atoms with E-state index in [4.69, 9.17) is 9.47 Å². The smallest absolute Gasteiger partial charge is 0.147 e. The molecule has 0 heterocycles. The fraction of sp³-hybridized carbons (Fsp3) is 0.226. The zero-order chi connectivity index (χ0) is 23.8. The van der Waals surface area contributed by atoms with Gasteiger partial charge in [-0.15, -0.1) is 0 Å². The Morgan fingerprint density at radius 1 is 0.706 bits per heavy atom. The van der Waals surface area contributed by atoms with Gasteiger partial charge in [0.05, 0.1) is 7.11 Å². The molecule has 3 heteroatoms. The van der Waals surface area contributed by atoms with E-state index >= 15 is 0 Å². The summed E-state index contributed by atoms with van der Waals surface area (Å²) in [5, 5.41) is 0. The van der Waals surface area contributed by atoms with Gasteiger partial charge in [-0.3, -0.25) is 0 Å². The third-order valence-electron chi connectivity index (χ3n) is 6.21. The highest BCUT2D eigenvalue weighted by molar-refractivity contribution is 5.60. The summed E-state index contributed by atoms with van der Waals surface area (Å²) in [6.07, 6.45) is 1.89. The minimum Gasteiger partial charge on any atom is -0.496 e. The molecule has 4 aromatic carbocycles. The summed E-state index contributed by atoms with van der Waals surface area (Å²) in [6, 6.07) is 37.8. The van der Waals surface area contributed by atoms with E-state index in [1.165, 1.54) is 5.56 Å². The van der Waals surface area contributed by atoms with Crippen molar-refractivity contribution in [2.75, 3.05) is 32.7 Å². The Morgan fingerprint density at radius 3 is 1.79 bits per heavy atom. The van der Waals surface area contributed by atoms with Crippen molar-refractivity contribution in [1.82, 2.24) is 0 Å². The molecular formula is C31H33NO2. The topological polar surface area (TPSA) is 21.7 Å². The molecule has 0 atom stereocenters. The predicted molar refractivity (Wildman–Crippen MR) is 141 cm³/mol. The van der Waals surface area contributed by atoms with Gasteiger partial charge in [0, 0.05) is 32.0 Å². The molecule has 4 rings (SSSR count). The molecule has 0 N–H and O–H groups in total. The lowest BCUT2D eigenvalue weighted by molar-refractivity contribution is 0.0101. The minimum absolute atomic E-state index is 0.605. The number of anilines is 1. The van der Waals surface area contributed by atoms with Gasteiger partial charge >= 0.3 is 0 Å². The monoisotopic (exact) mass is 451 g/mol. The summed E-state index contributed by atoms with van der Waals surface area (Å²) in [4.78, 5) is 2.11. The van der Waals surface area contributed by atoms with Gasteiger partial charge < -0.3 is 14.4 Å². The number of methoxy groups -OCH3 is 1. The average Bonchev–Trinajstić information content (AvgIpc) is 2.90. The van der Waals surface area contributed by atoms with E-state index in [1.54, 1.807) is 7.11 Å². The Labute approximate surface area is 203 Å². The lowest BCUT2D eigenvalue weighted by Crippen LogP contribution is -2.34. The molecule has 0 amide bonds. The largest absolute Gasteiger partial charge is 0.496 e. The van der Waals surface area contributed by atoms with Crippen LogP contribution in [-0.4, -0.2) is 27.8 Å². The predicted octanol–water partition coefficient (Wildman–Crippen LogP) is 6.70. The summed E-state index contributed by atoms with van der Waals surface area (Å²) in [7, 11) is 5.84. The number of aryl methyl sites for hydroxylation is 1. The zero-order valence-corrected chi connectivity index (χ0v) is 20.3. The molecule has 0 aromatic heterocycles. The molecule has 0 fully saturated rings. The normalized spacial score (nSPS) is 11.3. The van der Waals surface area contributed by atoms with Gasteiger partial charge in [0.25, 0.3) is 0 Å². The molecule has 0 aliphatic heterocycles. The molecule has 0 saturated heterocycles. The first-order chi connectivity index (χ1) is 16.6. The molecule has 3 nitrogen and oxygen atoms in total. The Kier molecular flexibility index (Phi) is 7.66. The number of hydrogen-bond donors (Lipinski definition) is 0. The summed E-state index contributed by atoms with van der Waals surface area (Å²) < 4.78 is 12.9. The SMILES string of the molecule is COc1ccc(N(C)C)cc1C(OCCCc1ccccc1)(c1ccccc1)c1ccccc1. The molecule has 0 saturated carbocycles. The summed E-state index contributed by atoms with van der Waals surface area (Å²) in [5.41, 5.74) is 4.77. The number of nitrogens with zero attached hydrogens (tertiary/aromatic N) is 1. The third kappa shape index (κ3) is 5.00. The highest BCUT2D eigenvalue weighted by atomic mass is 16.5. The second kappa shape index (κ2) is 11.0. The van der Waals surface area contributed by atoms with Crippen LogP contribution in [0.25, 0.3) is 0 Å². The number of ether oxygens (including phenoxy) is 2. The second-order valence-corrected chi connectivity index (χ2v) is 8.63. The van der Waals surface area contributed by atoms with Gasteiger partial charge in [0.15, 0.2) is 0 Å². The number of hydrogen-bond acceptors (Lipinski definition) is 3. The van der Waals surface area contributed by atoms with Crippen molar-refractivity contribution < 1.29 is 9.47 Å². The van der Waals surface area contributed by atoms with Crippen LogP contribution in [0.3, 0.4) is 0 Å². The Morgan fingerprint density at radius 2 is 1.26 bits per heavy atom. The average molecular weight is 452 g/mol. The number of rotatable bonds is 10. The van der Waals surface area contributed by atoms with Crippen LogP contribution in [-0.2, 0) is 16.8 Å². The van der Waals surface area contributed by atoms with Gasteiger partial charge in [-0.2, -0.15) is 0 Å². The first kappa shape index (κ1) is 23.6. The van der Waals surface area contributed by atoms with Crippen molar-refractivity contribution in [2.24, 2.45) is 0 Å². The summed E-state index contributed by atoms with van der Waals surface area (Å²) in [5.74, 6) is 0.807. The van der Waals surface area contributed by atoms with E-state index in [2.05, 4.69) is 110 Å². The van der Waals surface area contributed by atoms with Crippen LogP contribution < -0.4 is 9.64 Å². The fourth-order valence-electron chi connectivity index (χ4n) is 4.46. The molecule has 4 aromatic rings. The van der Waals surface area contributed by atoms with Crippen molar-refractivity contribution in [1.29, 1.82) is 0 Å². The van der Waals surface area contributed by atoms with Crippen molar-refractivity contribution in [2.45, 2.75) is 18.4 Å². The van der Waals surface area contributed by atoms with Crippen LogP contribution in [0.15, 0.2) is 109 Å². The summed E-state index contributed by atoms with van der Waals surface area (Å²) >= 11 is 0. The van der Waals surface area contributed by atoms with Crippen LogP contribution >= 0.6 is 0 Å². The first-order valence-corrected chi connectivity index (χ1v) is 11.8. The van der Waals surface area contributed by atoms with Gasteiger partial charge in [0.1, 0.15) is 11.4 Å². The third-order valence-corrected chi connectivity index (χ3v) is 6.21. The maximum atomic E-state index is 6.99. The van der Waals surface area contributed by atoms with Crippen LogP contribution in [0.5, 0.6) is 5.75 Å². The van der Waals surface area contributed by atoms with E-state index in [-0.39, 0.29) is 0 Å². The van der Waals surface area contributed by atoms with E-state index in [1.807, 2.05) is 18.2 Å². The fourth-order valence-corrected chi connectivity index (χ4v) is 4.46. The molecule has 0 spiro atoms. The minimum atomic E-state index is -0.809. The van der Waals surface area contributed by atoms with E-state index < -0.39 is 5.60 Å². The molecule has 0 unspecified atom stereocenters. The highest BCUT2D eigenvalue weighted by Gasteiger charge is 2.40. The zero-order valence-electron chi connectivity index (χ0n) is 20.3. The second-order valence-electron chi connectivity index (χ2n) is 8.63. The molecule has 174 valence electrons. The molecule has 0 aliphatic rings. The van der Waals surface area contributed by atoms with Crippen molar-refractivity contribution in [3.63, 3.8) is 0 Å². The Balaban J connectivity index is 1.83. The van der Waals surface area contributed by atoms with E-state index in [9.17, 15) is 0 Å². The highest BCUT2D eigenvalue weighted by Crippen LogP contribution is 2.45. The maximum absolute atomic E-state index is 6.99. The van der Waals surface area contributed by atoms with Gasteiger partial charge in [-0.25, -0.2) is 0 Å². The first-order valence-electron chi connectivity index (χ1n) is 11.8. The van der Waals surface area contributed by atoms with Crippen LogP contribution in [0.4, 0.5) is 5.69 Å². The Bertz CT molecular complexity index is 1120. The van der Waals surface area contributed by atoms with Gasteiger partial charge in [-0.05, 0) is 47.7 Å². The lowest BCUT2D eigenvalue weighted by atomic mass is 9.79. The van der Waals surface area contributed by atoms with Gasteiger partial charge in [-0.1, -0.05) is 91.0 Å². The van der Waals surface area contributed by atoms with E-state index in [0.29, 0.717) is 6.61 Å². The Hall–Kier alpha value is -3.56. The standard InChI is InChI=1S/C31H33NO2/c1-32(2)28-21-22-30(33-3)29(24-28)31(26-17-9-5-10-18-26,27-19-11-6-12-20-27)34-23-13-16-25-14-7-4-8-15-25/h4-12,14-15,17-22,24H,13,16,23H2,1-3H3. The molecule has 0 radical (unpaired) electrons. The lowest BCUT2D eigenvalue weighted by Gasteiger charge is -2.37. The molecule has 0 aliphatic carbocycles. The summed E-state index contributed by atoms with van der Waals surface area (Å²) in [6.45, 7) is 0.605. The maximum Gasteiger partial charge on any atom is 0.147 e.